The van der Waals surface area contributed by atoms with E-state index >= 15 is 0 Å². The first-order valence-electron chi connectivity index (χ1n) is 9.28. The molecule has 146 valence electrons. The van der Waals surface area contributed by atoms with Crippen LogP contribution in [0.3, 0.4) is 0 Å². The third-order valence-corrected chi connectivity index (χ3v) is 4.76. The molecule has 2 fully saturated rings. The first-order valence-corrected chi connectivity index (χ1v) is 9.28. The summed E-state index contributed by atoms with van der Waals surface area (Å²) in [6.07, 6.45) is 3.59. The topological polar surface area (TPSA) is 99.8 Å². The van der Waals surface area contributed by atoms with Crippen molar-refractivity contribution in [3.8, 4) is 5.75 Å². The minimum Gasteiger partial charge on any atom is -0.495 e. The van der Waals surface area contributed by atoms with Gasteiger partial charge in [-0.05, 0) is 43.9 Å². The number of hydrogen-bond acceptors (Lipinski definition) is 4. The fourth-order valence-electron chi connectivity index (χ4n) is 3.19. The second-order valence-electron chi connectivity index (χ2n) is 7.09. The van der Waals surface area contributed by atoms with Gasteiger partial charge in [-0.2, -0.15) is 0 Å². The predicted octanol–water partition coefficient (Wildman–Crippen LogP) is 2.18. The van der Waals surface area contributed by atoms with Crippen LogP contribution in [0.1, 0.15) is 32.6 Å². The lowest BCUT2D eigenvalue weighted by Gasteiger charge is -2.32. The second kappa shape index (κ2) is 8.28. The number of ether oxygens (including phenoxy) is 1. The number of benzene rings is 1. The van der Waals surface area contributed by atoms with Crippen molar-refractivity contribution in [2.45, 2.75) is 38.6 Å². The zero-order valence-electron chi connectivity index (χ0n) is 15.7. The van der Waals surface area contributed by atoms with Gasteiger partial charge in [-0.1, -0.05) is 0 Å². The normalized spacial score (nSPS) is 19.2. The van der Waals surface area contributed by atoms with E-state index < -0.39 is 0 Å². The number of amides is 4. The molecule has 1 aliphatic carbocycles. The highest BCUT2D eigenvalue weighted by Gasteiger charge is 2.31. The Morgan fingerprint density at radius 1 is 1.15 bits per heavy atom. The van der Waals surface area contributed by atoms with E-state index in [0.717, 1.165) is 25.7 Å². The van der Waals surface area contributed by atoms with E-state index in [1.54, 1.807) is 23.1 Å². The van der Waals surface area contributed by atoms with Crippen LogP contribution in [0.25, 0.3) is 0 Å². The summed E-state index contributed by atoms with van der Waals surface area (Å²) in [4.78, 5) is 38.0. The molecule has 1 unspecified atom stereocenters. The smallest absolute Gasteiger partial charge is 0.317 e. The highest BCUT2D eigenvalue weighted by atomic mass is 16.5. The molecule has 2 aliphatic rings. The van der Waals surface area contributed by atoms with Crippen molar-refractivity contribution in [2.24, 2.45) is 5.92 Å². The van der Waals surface area contributed by atoms with Crippen LogP contribution in [0.2, 0.25) is 0 Å². The maximum Gasteiger partial charge on any atom is 0.317 e. The summed E-state index contributed by atoms with van der Waals surface area (Å²) in [5.41, 5.74) is 1.07. The van der Waals surface area contributed by atoms with Gasteiger partial charge in [0.25, 0.3) is 0 Å². The molecule has 0 bridgehead atoms. The van der Waals surface area contributed by atoms with E-state index in [-0.39, 0.29) is 23.8 Å². The Morgan fingerprint density at radius 3 is 2.59 bits per heavy atom. The third-order valence-electron chi connectivity index (χ3n) is 4.76. The minimum atomic E-state index is -0.280. The van der Waals surface area contributed by atoms with Gasteiger partial charge in [-0.25, -0.2) is 4.79 Å². The molecule has 8 nitrogen and oxygen atoms in total. The summed E-state index contributed by atoms with van der Waals surface area (Å²) in [7, 11) is 1.52. The van der Waals surface area contributed by atoms with Crippen LogP contribution in [0, 0.1) is 5.92 Å². The Morgan fingerprint density at radius 2 is 1.93 bits per heavy atom. The molecule has 3 rings (SSSR count). The molecule has 27 heavy (non-hydrogen) atoms. The van der Waals surface area contributed by atoms with E-state index in [0.29, 0.717) is 36.3 Å². The molecular weight excluding hydrogens is 348 g/mol. The van der Waals surface area contributed by atoms with Crippen molar-refractivity contribution < 1.29 is 19.1 Å². The molecule has 1 aromatic carbocycles. The molecule has 1 heterocycles. The number of likely N-dealkylation sites (tertiary alicyclic amines) is 1. The lowest BCUT2D eigenvalue weighted by Crippen LogP contribution is -2.48. The summed E-state index contributed by atoms with van der Waals surface area (Å²) in [6, 6.07) is 5.28. The fraction of sp³-hybridized carbons (Fsp3) is 0.526. The fourth-order valence-corrected chi connectivity index (χ4v) is 3.19. The van der Waals surface area contributed by atoms with Crippen molar-refractivity contribution >= 4 is 29.2 Å². The van der Waals surface area contributed by atoms with Crippen LogP contribution >= 0.6 is 0 Å². The van der Waals surface area contributed by atoms with Gasteiger partial charge in [0.2, 0.25) is 11.8 Å². The largest absolute Gasteiger partial charge is 0.495 e. The summed E-state index contributed by atoms with van der Waals surface area (Å²) in [5.74, 6) is -0.117. The average molecular weight is 374 g/mol. The van der Waals surface area contributed by atoms with Crippen LogP contribution < -0.4 is 20.7 Å². The first-order chi connectivity index (χ1) is 13.0. The number of urea groups is 1. The van der Waals surface area contributed by atoms with Gasteiger partial charge >= 0.3 is 6.03 Å². The number of hydrogen-bond donors (Lipinski definition) is 3. The van der Waals surface area contributed by atoms with Crippen LogP contribution in [0.15, 0.2) is 18.2 Å². The molecular formula is C19H26N4O4. The van der Waals surface area contributed by atoms with Gasteiger partial charge in [0, 0.05) is 31.7 Å². The number of methoxy groups -OCH3 is 1. The molecule has 1 saturated carbocycles. The maximum atomic E-state index is 12.8. The van der Waals surface area contributed by atoms with Crippen LogP contribution in [0.5, 0.6) is 5.75 Å². The van der Waals surface area contributed by atoms with E-state index in [1.165, 1.54) is 14.0 Å². The quantitative estimate of drug-likeness (QED) is 0.735. The molecule has 3 N–H and O–H groups in total. The SMILES string of the molecule is COc1ccc(NC(C)=O)cc1NC(=O)C1CCCN(C(=O)NC2CC2)C1. The number of nitrogens with one attached hydrogen (secondary N) is 3. The molecule has 1 saturated heterocycles. The molecule has 4 amide bonds. The number of rotatable bonds is 5. The van der Waals surface area contributed by atoms with Crippen molar-refractivity contribution in [3.63, 3.8) is 0 Å². The number of nitrogens with zero attached hydrogens (tertiary/aromatic N) is 1. The lowest BCUT2D eigenvalue weighted by atomic mass is 9.97. The Balaban J connectivity index is 1.64. The van der Waals surface area contributed by atoms with Crippen molar-refractivity contribution in [3.05, 3.63) is 18.2 Å². The standard InChI is InChI=1S/C19H26N4O4/c1-12(24)20-15-7-8-17(27-2)16(10-15)22-18(25)13-4-3-9-23(11-13)19(26)21-14-5-6-14/h7-8,10,13-14H,3-6,9,11H2,1-2H3,(H,20,24)(H,21,26)(H,22,25). The Hall–Kier alpha value is -2.77. The zero-order chi connectivity index (χ0) is 19.4. The van der Waals surface area contributed by atoms with Crippen molar-refractivity contribution in [1.29, 1.82) is 0 Å². The first kappa shape index (κ1) is 19.0. The molecule has 8 heteroatoms. The number of piperidine rings is 1. The van der Waals surface area contributed by atoms with Crippen molar-refractivity contribution in [1.82, 2.24) is 10.2 Å². The highest BCUT2D eigenvalue weighted by Crippen LogP contribution is 2.29. The third kappa shape index (κ3) is 5.12. The second-order valence-corrected chi connectivity index (χ2v) is 7.09. The summed E-state index contributed by atoms with van der Waals surface area (Å²) in [6.45, 7) is 2.49. The van der Waals surface area contributed by atoms with Crippen LogP contribution in [-0.2, 0) is 9.59 Å². The van der Waals surface area contributed by atoms with E-state index in [1.807, 2.05) is 0 Å². The van der Waals surface area contributed by atoms with Gasteiger partial charge < -0.3 is 25.6 Å². The van der Waals surface area contributed by atoms with Gasteiger partial charge in [0.15, 0.2) is 0 Å². The number of carbonyl (C=O) groups excluding carboxylic acids is 3. The van der Waals surface area contributed by atoms with Crippen LogP contribution in [0.4, 0.5) is 16.2 Å². The van der Waals surface area contributed by atoms with Gasteiger partial charge in [-0.3, -0.25) is 9.59 Å². The van der Waals surface area contributed by atoms with Gasteiger partial charge in [0.05, 0.1) is 18.7 Å². The average Bonchev–Trinajstić information content (AvgIpc) is 3.45. The Labute approximate surface area is 158 Å². The van der Waals surface area contributed by atoms with E-state index in [2.05, 4.69) is 16.0 Å². The summed E-state index contributed by atoms with van der Waals surface area (Å²) < 4.78 is 5.30. The minimum absolute atomic E-state index is 0.0831. The maximum absolute atomic E-state index is 12.8. The van der Waals surface area contributed by atoms with Gasteiger partial charge in [-0.15, -0.1) is 0 Å². The zero-order valence-corrected chi connectivity index (χ0v) is 15.7. The molecule has 0 radical (unpaired) electrons. The predicted molar refractivity (Wildman–Crippen MR) is 102 cm³/mol. The lowest BCUT2D eigenvalue weighted by molar-refractivity contribution is -0.121. The molecule has 1 aromatic rings. The molecule has 1 aliphatic heterocycles. The number of anilines is 2. The van der Waals surface area contributed by atoms with E-state index in [4.69, 9.17) is 4.74 Å². The number of carbonyl (C=O) groups is 3. The monoisotopic (exact) mass is 374 g/mol. The molecule has 0 aromatic heterocycles. The van der Waals surface area contributed by atoms with Crippen molar-refractivity contribution in [2.75, 3.05) is 30.8 Å². The van der Waals surface area contributed by atoms with Crippen LogP contribution in [-0.4, -0.2) is 49.0 Å². The summed E-state index contributed by atoms with van der Waals surface area (Å²) >= 11 is 0. The highest BCUT2D eigenvalue weighted by molar-refractivity contribution is 5.96. The van der Waals surface area contributed by atoms with Gasteiger partial charge in [0.1, 0.15) is 5.75 Å². The Bertz CT molecular complexity index is 732. The molecule has 0 spiro atoms. The van der Waals surface area contributed by atoms with E-state index in [9.17, 15) is 14.4 Å². The molecule has 1 atom stereocenters. The summed E-state index contributed by atoms with van der Waals surface area (Å²) in [5, 5.41) is 8.54. The Kier molecular flexibility index (Phi) is 5.83.